The molecule has 0 aromatic heterocycles. The molecule has 0 aromatic carbocycles. The first-order valence-electron chi connectivity index (χ1n) is 2.15. The zero-order valence-electron chi connectivity index (χ0n) is 4.47. The van der Waals surface area contributed by atoms with Crippen molar-refractivity contribution < 1.29 is 4.79 Å². The maximum atomic E-state index is 10.4. The molecule has 0 saturated carbocycles. The van der Waals surface area contributed by atoms with E-state index in [9.17, 15) is 4.79 Å². The van der Waals surface area contributed by atoms with E-state index >= 15 is 0 Å². The Morgan fingerprint density at radius 3 is 2.88 bits per heavy atom. The lowest BCUT2D eigenvalue weighted by atomic mass is 10.7. The minimum Gasteiger partial charge on any atom is -0.338 e. The molecule has 0 spiro atoms. The highest BCUT2D eigenvalue weighted by Gasteiger charge is 1.91. The van der Waals surface area contributed by atoms with Gasteiger partial charge in [-0.25, -0.2) is 4.79 Å². The van der Waals surface area contributed by atoms with Crippen molar-refractivity contribution >= 4 is 28.7 Å². The number of thiol groups is 1. The SMILES string of the molecule is CCNC(=O)NSS. The molecule has 0 aliphatic carbocycles. The number of urea groups is 1. The fourth-order valence-corrected chi connectivity index (χ4v) is 0.642. The van der Waals surface area contributed by atoms with E-state index in [1.807, 2.05) is 6.92 Å². The highest BCUT2D eigenvalue weighted by Crippen LogP contribution is 1.94. The lowest BCUT2D eigenvalue weighted by Gasteiger charge is -1.98. The molecule has 2 amide bonds. The quantitative estimate of drug-likeness (QED) is 0.311. The average Bonchev–Trinajstić information content (AvgIpc) is 1.68. The lowest BCUT2D eigenvalue weighted by Crippen LogP contribution is -2.30. The normalized spacial score (nSPS) is 8.25. The molecule has 0 bridgehead atoms. The molecule has 48 valence electrons. The Balaban J connectivity index is 3.06. The minimum absolute atomic E-state index is 0.201. The maximum absolute atomic E-state index is 10.4. The van der Waals surface area contributed by atoms with Crippen molar-refractivity contribution in [1.29, 1.82) is 0 Å². The molecular weight excluding hydrogens is 144 g/mol. The van der Waals surface area contributed by atoms with Crippen molar-refractivity contribution in [2.24, 2.45) is 0 Å². The molecule has 0 unspecified atom stereocenters. The summed E-state index contributed by atoms with van der Waals surface area (Å²) in [5, 5.41) is 2.53. The zero-order valence-corrected chi connectivity index (χ0v) is 6.18. The average molecular weight is 152 g/mol. The van der Waals surface area contributed by atoms with Gasteiger partial charge >= 0.3 is 6.03 Å². The molecule has 0 rings (SSSR count). The molecular formula is C3H8N2OS2. The molecule has 0 radical (unpaired) electrons. The van der Waals surface area contributed by atoms with Crippen LogP contribution in [0.2, 0.25) is 0 Å². The maximum Gasteiger partial charge on any atom is 0.325 e. The second kappa shape index (κ2) is 5.11. The van der Waals surface area contributed by atoms with E-state index in [4.69, 9.17) is 0 Å². The van der Waals surface area contributed by atoms with Crippen LogP contribution >= 0.6 is 22.6 Å². The second-order valence-electron chi connectivity index (χ2n) is 1.05. The standard InChI is InChI=1S/C3H8N2OS2/c1-2-4-3(6)5-8-7/h7H,2H2,1H3,(H2,4,5,6). The van der Waals surface area contributed by atoms with Crippen LogP contribution in [0.5, 0.6) is 0 Å². The van der Waals surface area contributed by atoms with Crippen LogP contribution in [0.4, 0.5) is 4.79 Å². The number of nitrogens with one attached hydrogen (secondary N) is 2. The Bertz CT molecular complexity index is 69.7. The summed E-state index contributed by atoms with van der Waals surface area (Å²) >= 11 is 3.70. The van der Waals surface area contributed by atoms with Gasteiger partial charge < -0.3 is 5.32 Å². The van der Waals surface area contributed by atoms with Gasteiger partial charge in [0.1, 0.15) is 0 Å². The molecule has 0 saturated heterocycles. The molecule has 0 aliphatic heterocycles. The molecule has 5 heteroatoms. The number of rotatable bonds is 2. The van der Waals surface area contributed by atoms with E-state index in [0.29, 0.717) is 6.54 Å². The highest BCUT2D eigenvalue weighted by molar-refractivity contribution is 8.68. The summed E-state index contributed by atoms with van der Waals surface area (Å²) in [7, 11) is 0.982. The molecule has 2 N–H and O–H groups in total. The second-order valence-corrected chi connectivity index (χ2v) is 1.99. The topological polar surface area (TPSA) is 41.1 Å². The Morgan fingerprint density at radius 1 is 1.88 bits per heavy atom. The van der Waals surface area contributed by atoms with Crippen molar-refractivity contribution in [1.82, 2.24) is 10.0 Å². The van der Waals surface area contributed by atoms with Gasteiger partial charge in [-0.3, -0.25) is 4.72 Å². The summed E-state index contributed by atoms with van der Waals surface area (Å²) in [5.74, 6) is 0. The molecule has 0 heterocycles. The van der Waals surface area contributed by atoms with Crippen molar-refractivity contribution in [3.8, 4) is 0 Å². The van der Waals surface area contributed by atoms with Gasteiger partial charge in [-0.15, -0.1) is 0 Å². The van der Waals surface area contributed by atoms with Crippen molar-refractivity contribution in [2.45, 2.75) is 6.92 Å². The van der Waals surface area contributed by atoms with Crippen LogP contribution < -0.4 is 10.0 Å². The van der Waals surface area contributed by atoms with Gasteiger partial charge in [0.25, 0.3) is 0 Å². The molecule has 0 fully saturated rings. The van der Waals surface area contributed by atoms with E-state index in [-0.39, 0.29) is 6.03 Å². The smallest absolute Gasteiger partial charge is 0.325 e. The van der Waals surface area contributed by atoms with Crippen LogP contribution in [0.25, 0.3) is 0 Å². The van der Waals surface area contributed by atoms with Crippen LogP contribution in [-0.2, 0) is 0 Å². The molecule has 0 atom stereocenters. The third kappa shape index (κ3) is 4.14. The molecule has 3 nitrogen and oxygen atoms in total. The highest BCUT2D eigenvalue weighted by atomic mass is 33.1. The van der Waals surface area contributed by atoms with Crippen molar-refractivity contribution in [2.75, 3.05) is 6.54 Å². The summed E-state index contributed by atoms with van der Waals surface area (Å²) in [6, 6.07) is -0.201. The van der Waals surface area contributed by atoms with Crippen molar-refractivity contribution in [3.63, 3.8) is 0 Å². The lowest BCUT2D eigenvalue weighted by molar-refractivity contribution is 0.247. The third-order valence-electron chi connectivity index (χ3n) is 0.476. The van der Waals surface area contributed by atoms with Gasteiger partial charge in [-0.05, 0) is 6.92 Å². The predicted octanol–water partition coefficient (Wildman–Crippen LogP) is 0.798. The van der Waals surface area contributed by atoms with Gasteiger partial charge in [0.05, 0.1) is 0 Å². The predicted molar refractivity (Wildman–Crippen MR) is 38.8 cm³/mol. The van der Waals surface area contributed by atoms with Gasteiger partial charge in [0.2, 0.25) is 0 Å². The van der Waals surface area contributed by atoms with Gasteiger partial charge in [-0.1, -0.05) is 11.7 Å². The first kappa shape index (κ1) is 7.97. The third-order valence-corrected chi connectivity index (χ3v) is 1.03. The van der Waals surface area contributed by atoms with Gasteiger partial charge in [0.15, 0.2) is 0 Å². The molecule has 0 aromatic rings. The van der Waals surface area contributed by atoms with Crippen LogP contribution in [0.3, 0.4) is 0 Å². The first-order chi connectivity index (χ1) is 3.81. The van der Waals surface area contributed by atoms with E-state index in [1.54, 1.807) is 0 Å². The van der Waals surface area contributed by atoms with E-state index in [2.05, 4.69) is 21.7 Å². The summed E-state index contributed by atoms with van der Waals surface area (Å²) in [6.07, 6.45) is 0. The molecule has 8 heavy (non-hydrogen) atoms. The molecule has 0 aliphatic rings. The van der Waals surface area contributed by atoms with E-state index in [0.717, 1.165) is 11.0 Å². The van der Waals surface area contributed by atoms with Crippen molar-refractivity contribution in [3.05, 3.63) is 0 Å². The monoisotopic (exact) mass is 152 g/mol. The van der Waals surface area contributed by atoms with Crippen LogP contribution in [-0.4, -0.2) is 12.6 Å². The first-order valence-corrected chi connectivity index (χ1v) is 4.02. The van der Waals surface area contributed by atoms with Crippen LogP contribution in [0.15, 0.2) is 0 Å². The Morgan fingerprint density at radius 2 is 2.50 bits per heavy atom. The number of hydrogen-bond acceptors (Lipinski definition) is 3. The fraction of sp³-hybridized carbons (Fsp3) is 0.667. The van der Waals surface area contributed by atoms with Gasteiger partial charge in [0, 0.05) is 17.5 Å². The fourth-order valence-electron chi connectivity index (χ4n) is 0.238. The van der Waals surface area contributed by atoms with E-state index in [1.165, 1.54) is 0 Å². The largest absolute Gasteiger partial charge is 0.338 e. The number of carbonyl (C=O) groups is 1. The van der Waals surface area contributed by atoms with E-state index < -0.39 is 0 Å². The summed E-state index contributed by atoms with van der Waals surface area (Å²) in [5.41, 5.74) is 0. The number of amides is 2. The Kier molecular flexibility index (Phi) is 5.09. The Labute approximate surface area is 57.5 Å². The summed E-state index contributed by atoms with van der Waals surface area (Å²) in [4.78, 5) is 10.4. The van der Waals surface area contributed by atoms with Gasteiger partial charge in [-0.2, -0.15) is 0 Å². The summed E-state index contributed by atoms with van der Waals surface area (Å²) < 4.78 is 2.38. The van der Waals surface area contributed by atoms with Crippen LogP contribution in [0, 0.1) is 0 Å². The Hall–Kier alpha value is -0.0300. The number of hydrogen-bond donors (Lipinski definition) is 3. The number of carbonyl (C=O) groups excluding carboxylic acids is 1. The summed E-state index contributed by atoms with van der Waals surface area (Å²) in [6.45, 7) is 2.49. The minimum atomic E-state index is -0.201. The van der Waals surface area contributed by atoms with Crippen LogP contribution in [0.1, 0.15) is 6.92 Å². The zero-order chi connectivity index (χ0) is 6.41.